The summed E-state index contributed by atoms with van der Waals surface area (Å²) in [5.74, 6) is 5.25. The predicted molar refractivity (Wildman–Crippen MR) is 192 cm³/mol. The topological polar surface area (TPSA) is 155 Å². The Morgan fingerprint density at radius 2 is 1.82 bits per heavy atom. The Morgan fingerprint density at radius 1 is 1.08 bits per heavy atom. The zero-order valence-corrected chi connectivity index (χ0v) is 29.3. The standard InChI is InChI=1S/C38H40ClN5O7/c1-38(2,3)51-37(49)41-34(26-8-5-4-6-9-26)36(48)44-18-7-21-50-24-31(44)35(47)40-29-15-11-25(12-16-29)10-13-27-23-43(19-20-45)42-33(27)30-22-28(39)14-17-32(30)46/h4-6,8-9,11-12,14-17,22-23,31,34,45-46H,7,18-21,24H2,1-3H3,(H,40,47)(H,41,49)/t31-,34+/m0/s1. The number of phenolic OH excluding ortho intramolecular Hbond substituents is 1. The zero-order valence-electron chi connectivity index (χ0n) is 28.6. The van der Waals surface area contributed by atoms with Crippen molar-refractivity contribution in [1.29, 1.82) is 0 Å². The van der Waals surface area contributed by atoms with E-state index in [9.17, 15) is 24.6 Å². The van der Waals surface area contributed by atoms with Crippen LogP contribution in [0.1, 0.15) is 49.9 Å². The summed E-state index contributed by atoms with van der Waals surface area (Å²) in [4.78, 5) is 42.1. The minimum absolute atomic E-state index is 0.00832. The molecule has 1 fully saturated rings. The lowest BCUT2D eigenvalue weighted by Gasteiger charge is -2.32. The molecule has 1 aliphatic heterocycles. The Balaban J connectivity index is 1.33. The van der Waals surface area contributed by atoms with Gasteiger partial charge in [0.25, 0.3) is 5.91 Å². The minimum atomic E-state index is -1.09. The van der Waals surface area contributed by atoms with Crippen LogP contribution in [0.2, 0.25) is 5.02 Å². The fourth-order valence-corrected chi connectivity index (χ4v) is 5.58. The van der Waals surface area contributed by atoms with Crippen LogP contribution in [0, 0.1) is 11.8 Å². The normalized spacial score (nSPS) is 15.2. The Labute approximate surface area is 301 Å². The third-order valence-corrected chi connectivity index (χ3v) is 8.00. The smallest absolute Gasteiger partial charge is 0.408 e. The number of benzene rings is 3. The van der Waals surface area contributed by atoms with Crippen molar-refractivity contribution in [2.45, 2.75) is 51.4 Å². The fourth-order valence-electron chi connectivity index (χ4n) is 5.41. The Hall–Kier alpha value is -5.35. The highest BCUT2D eigenvalue weighted by molar-refractivity contribution is 6.31. The van der Waals surface area contributed by atoms with Gasteiger partial charge in [-0.2, -0.15) is 5.10 Å². The number of nitrogens with one attached hydrogen (secondary N) is 2. The van der Waals surface area contributed by atoms with Crippen LogP contribution in [0.4, 0.5) is 10.5 Å². The van der Waals surface area contributed by atoms with Gasteiger partial charge in [-0.05, 0) is 75.2 Å². The molecule has 1 aliphatic rings. The third-order valence-electron chi connectivity index (χ3n) is 7.76. The monoisotopic (exact) mass is 713 g/mol. The summed E-state index contributed by atoms with van der Waals surface area (Å²) in [6.07, 6.45) is 1.44. The average Bonchev–Trinajstić information content (AvgIpc) is 3.32. The Morgan fingerprint density at radius 3 is 2.53 bits per heavy atom. The van der Waals surface area contributed by atoms with Gasteiger partial charge in [0.1, 0.15) is 29.1 Å². The Bertz CT molecular complexity index is 1910. The van der Waals surface area contributed by atoms with Gasteiger partial charge in [0.2, 0.25) is 5.91 Å². The van der Waals surface area contributed by atoms with Gasteiger partial charge in [-0.1, -0.05) is 53.8 Å². The molecule has 2 heterocycles. The first-order valence-electron chi connectivity index (χ1n) is 16.4. The molecular formula is C38H40ClN5O7. The number of anilines is 1. The van der Waals surface area contributed by atoms with Crippen molar-refractivity contribution in [3.63, 3.8) is 0 Å². The number of halogens is 1. The molecule has 5 rings (SSSR count). The first-order valence-corrected chi connectivity index (χ1v) is 16.8. The molecule has 1 saturated heterocycles. The molecule has 3 aromatic carbocycles. The number of aliphatic hydroxyl groups is 1. The second-order valence-corrected chi connectivity index (χ2v) is 13.3. The number of aromatic nitrogens is 2. The van der Waals surface area contributed by atoms with E-state index in [-0.39, 0.29) is 32.1 Å². The van der Waals surface area contributed by atoms with Gasteiger partial charge in [0.15, 0.2) is 0 Å². The number of nitrogens with zero attached hydrogens (tertiary/aromatic N) is 3. The number of aliphatic hydroxyl groups excluding tert-OH is 1. The Kier molecular flexibility index (Phi) is 12.0. The summed E-state index contributed by atoms with van der Waals surface area (Å²) in [6, 6.07) is 18.3. The summed E-state index contributed by atoms with van der Waals surface area (Å²) < 4.78 is 12.7. The number of hydrogen-bond donors (Lipinski definition) is 4. The first kappa shape index (κ1) is 36.9. The maximum atomic E-state index is 14.1. The molecule has 4 aromatic rings. The molecule has 2 atom stereocenters. The molecule has 1 aromatic heterocycles. The molecule has 0 saturated carbocycles. The van der Waals surface area contributed by atoms with Crippen molar-refractivity contribution in [2.24, 2.45) is 0 Å². The number of ether oxygens (including phenoxy) is 2. The van der Waals surface area contributed by atoms with Gasteiger partial charge >= 0.3 is 6.09 Å². The molecule has 0 aliphatic carbocycles. The molecule has 12 nitrogen and oxygen atoms in total. The second kappa shape index (κ2) is 16.6. The van der Waals surface area contributed by atoms with Gasteiger partial charge in [0.05, 0.1) is 25.3 Å². The zero-order chi connectivity index (χ0) is 36.5. The van der Waals surface area contributed by atoms with E-state index in [1.54, 1.807) is 92.3 Å². The first-order chi connectivity index (χ1) is 24.4. The van der Waals surface area contributed by atoms with Crippen LogP contribution in [0.15, 0.2) is 79.0 Å². The van der Waals surface area contributed by atoms with Gasteiger partial charge in [-0.15, -0.1) is 0 Å². The van der Waals surface area contributed by atoms with Crippen molar-refractivity contribution in [1.82, 2.24) is 20.0 Å². The highest BCUT2D eigenvalue weighted by Gasteiger charge is 2.37. The number of aromatic hydroxyl groups is 1. The van der Waals surface area contributed by atoms with Crippen molar-refractivity contribution in [3.05, 3.63) is 101 Å². The van der Waals surface area contributed by atoms with Gasteiger partial charge in [-0.3, -0.25) is 14.3 Å². The lowest BCUT2D eigenvalue weighted by atomic mass is 10.0. The summed E-state index contributed by atoms with van der Waals surface area (Å²) in [5, 5.41) is 30.4. The SMILES string of the molecule is CC(C)(C)OC(=O)N[C@@H](C(=O)N1CCCOC[C@H]1C(=O)Nc1ccc(C#Cc2cn(CCO)nc2-c2cc(Cl)ccc2O)cc1)c1ccccc1. The van der Waals surface area contributed by atoms with Crippen LogP contribution in [0.5, 0.6) is 5.75 Å². The summed E-state index contributed by atoms with van der Waals surface area (Å²) in [5.41, 5.74) is 2.24. The molecule has 3 amide bonds. The van der Waals surface area contributed by atoms with Crippen LogP contribution in [-0.2, 0) is 25.6 Å². The number of carbonyl (C=O) groups is 3. The van der Waals surface area contributed by atoms with E-state index in [0.717, 1.165) is 0 Å². The van der Waals surface area contributed by atoms with Crippen molar-refractivity contribution >= 4 is 35.2 Å². The molecule has 51 heavy (non-hydrogen) atoms. The van der Waals surface area contributed by atoms with Crippen LogP contribution in [-0.4, -0.2) is 80.8 Å². The maximum absolute atomic E-state index is 14.1. The van der Waals surface area contributed by atoms with Crippen molar-refractivity contribution in [3.8, 4) is 28.8 Å². The summed E-state index contributed by atoms with van der Waals surface area (Å²) in [6.45, 7) is 5.91. The van der Waals surface area contributed by atoms with E-state index in [4.69, 9.17) is 21.1 Å². The van der Waals surface area contributed by atoms with Crippen LogP contribution < -0.4 is 10.6 Å². The van der Waals surface area contributed by atoms with Crippen LogP contribution in [0.3, 0.4) is 0 Å². The van der Waals surface area contributed by atoms with Gasteiger partial charge < -0.3 is 35.2 Å². The van der Waals surface area contributed by atoms with Crippen LogP contribution >= 0.6 is 11.6 Å². The summed E-state index contributed by atoms with van der Waals surface area (Å²) >= 11 is 6.17. The molecule has 0 spiro atoms. The van der Waals surface area contributed by atoms with Crippen molar-refractivity contribution < 1.29 is 34.1 Å². The van der Waals surface area contributed by atoms with Gasteiger partial charge in [-0.25, -0.2) is 4.79 Å². The van der Waals surface area contributed by atoms with Crippen molar-refractivity contribution in [2.75, 3.05) is 31.7 Å². The largest absolute Gasteiger partial charge is 0.507 e. The molecule has 13 heteroatoms. The molecule has 0 bridgehead atoms. The number of phenols is 1. The number of carbonyl (C=O) groups excluding carboxylic acids is 3. The van der Waals surface area contributed by atoms with E-state index < -0.39 is 35.6 Å². The number of alkyl carbamates (subject to hydrolysis) is 1. The van der Waals surface area contributed by atoms with E-state index in [1.807, 2.05) is 6.07 Å². The molecule has 266 valence electrons. The highest BCUT2D eigenvalue weighted by atomic mass is 35.5. The van der Waals surface area contributed by atoms with Gasteiger partial charge in [0, 0.05) is 41.2 Å². The van der Waals surface area contributed by atoms with Crippen LogP contribution in [0.25, 0.3) is 11.3 Å². The fraction of sp³-hybridized carbons (Fsp3) is 0.316. The van der Waals surface area contributed by atoms with E-state index in [2.05, 4.69) is 27.6 Å². The average molecular weight is 714 g/mol. The molecular weight excluding hydrogens is 674 g/mol. The molecule has 0 radical (unpaired) electrons. The van der Waals surface area contributed by atoms with E-state index in [1.165, 1.54) is 11.0 Å². The molecule has 4 N–H and O–H groups in total. The van der Waals surface area contributed by atoms with E-state index in [0.29, 0.717) is 51.7 Å². The quantitative estimate of drug-likeness (QED) is 0.184. The maximum Gasteiger partial charge on any atom is 0.408 e. The minimum Gasteiger partial charge on any atom is -0.507 e. The second-order valence-electron chi connectivity index (χ2n) is 12.8. The predicted octanol–water partition coefficient (Wildman–Crippen LogP) is 5.12. The number of amides is 3. The number of rotatable bonds is 8. The lowest BCUT2D eigenvalue weighted by Crippen LogP contribution is -2.53. The third kappa shape index (κ3) is 9.88. The van der Waals surface area contributed by atoms with E-state index >= 15 is 0 Å². The molecule has 0 unspecified atom stereocenters. The highest BCUT2D eigenvalue weighted by Crippen LogP contribution is 2.33. The number of hydrogen-bond acceptors (Lipinski definition) is 8. The lowest BCUT2D eigenvalue weighted by molar-refractivity contribution is -0.141. The summed E-state index contributed by atoms with van der Waals surface area (Å²) in [7, 11) is 0.